The molecule has 0 aliphatic carbocycles. The van der Waals surface area contributed by atoms with Crippen molar-refractivity contribution < 1.29 is 18.8 Å². The number of para-hydroxylation sites is 1. The summed E-state index contributed by atoms with van der Waals surface area (Å²) in [5.74, 6) is 0.970. The highest BCUT2D eigenvalue weighted by molar-refractivity contribution is 6.33. The normalized spacial score (nSPS) is 10.5. The van der Waals surface area contributed by atoms with Crippen molar-refractivity contribution in [3.8, 4) is 17.1 Å². The van der Waals surface area contributed by atoms with Gasteiger partial charge in [-0.15, -0.1) is 0 Å². The van der Waals surface area contributed by atoms with Crippen LogP contribution in [0, 0.1) is 0 Å². The number of hydrogen-bond acceptors (Lipinski definition) is 6. The molecule has 3 rings (SSSR count). The van der Waals surface area contributed by atoms with E-state index in [2.05, 4.69) is 15.5 Å². The number of nitrogens with one attached hydrogen (secondary N) is 1. The van der Waals surface area contributed by atoms with E-state index < -0.39 is 0 Å². The fourth-order valence-corrected chi connectivity index (χ4v) is 2.86. The largest absolute Gasteiger partial charge is 0.497 e. The van der Waals surface area contributed by atoms with Crippen LogP contribution in [0.25, 0.3) is 11.4 Å². The number of carbonyl (C=O) groups is 2. The van der Waals surface area contributed by atoms with Crippen molar-refractivity contribution >= 4 is 29.1 Å². The first kappa shape index (κ1) is 21.3. The zero-order valence-corrected chi connectivity index (χ0v) is 17.3. The molecular formula is C21H21ClN4O4. The van der Waals surface area contributed by atoms with Crippen LogP contribution in [0.5, 0.6) is 5.75 Å². The second kappa shape index (κ2) is 9.89. The molecule has 0 fully saturated rings. The molecule has 0 saturated carbocycles. The number of hydrogen-bond donors (Lipinski definition) is 1. The molecule has 1 heterocycles. The first-order valence-corrected chi connectivity index (χ1v) is 9.59. The molecule has 0 radical (unpaired) electrons. The van der Waals surface area contributed by atoms with Gasteiger partial charge >= 0.3 is 0 Å². The third-order valence-electron chi connectivity index (χ3n) is 4.32. The lowest BCUT2D eigenvalue weighted by atomic mass is 10.2. The highest BCUT2D eigenvalue weighted by atomic mass is 35.5. The number of methoxy groups -OCH3 is 1. The number of ether oxygens (including phenoxy) is 1. The first-order chi connectivity index (χ1) is 14.5. The van der Waals surface area contributed by atoms with E-state index in [1.165, 1.54) is 4.90 Å². The maximum Gasteiger partial charge on any atom is 0.244 e. The predicted octanol–water partition coefficient (Wildman–Crippen LogP) is 3.43. The Morgan fingerprint density at radius 1 is 1.17 bits per heavy atom. The van der Waals surface area contributed by atoms with Gasteiger partial charge in [0.2, 0.25) is 23.5 Å². The number of aromatic nitrogens is 2. The van der Waals surface area contributed by atoms with E-state index in [0.717, 1.165) is 11.3 Å². The number of halogens is 1. The maximum absolute atomic E-state index is 12.3. The summed E-state index contributed by atoms with van der Waals surface area (Å²) in [7, 11) is 3.15. The summed E-state index contributed by atoms with van der Waals surface area (Å²) < 4.78 is 10.3. The summed E-state index contributed by atoms with van der Waals surface area (Å²) in [6, 6.07) is 14.2. The van der Waals surface area contributed by atoms with Crippen molar-refractivity contribution in [1.29, 1.82) is 0 Å². The van der Waals surface area contributed by atoms with Crippen molar-refractivity contribution in [2.24, 2.45) is 0 Å². The smallest absolute Gasteiger partial charge is 0.244 e. The minimum Gasteiger partial charge on any atom is -0.497 e. The Balaban J connectivity index is 1.49. The average molecular weight is 429 g/mol. The lowest BCUT2D eigenvalue weighted by molar-refractivity contribution is -0.133. The number of aryl methyl sites for hydroxylation is 1. The van der Waals surface area contributed by atoms with Gasteiger partial charge in [0.1, 0.15) is 5.75 Å². The highest BCUT2D eigenvalue weighted by Gasteiger charge is 2.16. The second-order valence-electron chi connectivity index (χ2n) is 6.52. The van der Waals surface area contributed by atoms with Gasteiger partial charge < -0.3 is 19.5 Å². The Hall–Kier alpha value is -3.39. The van der Waals surface area contributed by atoms with Gasteiger partial charge in [-0.05, 0) is 36.4 Å². The van der Waals surface area contributed by atoms with Gasteiger partial charge in [0.25, 0.3) is 0 Å². The molecule has 156 valence electrons. The van der Waals surface area contributed by atoms with E-state index in [1.54, 1.807) is 50.6 Å². The monoisotopic (exact) mass is 428 g/mol. The van der Waals surface area contributed by atoms with Crippen LogP contribution in [-0.2, 0) is 16.0 Å². The van der Waals surface area contributed by atoms with E-state index in [-0.39, 0.29) is 31.2 Å². The molecule has 8 nitrogen and oxygen atoms in total. The minimum absolute atomic E-state index is 0.0923. The summed E-state index contributed by atoms with van der Waals surface area (Å²) in [6.45, 7) is -0.0923. The number of carbonyl (C=O) groups excluding carboxylic acids is 2. The van der Waals surface area contributed by atoms with Crippen LogP contribution >= 0.6 is 11.6 Å². The van der Waals surface area contributed by atoms with Gasteiger partial charge in [-0.2, -0.15) is 4.98 Å². The lowest BCUT2D eigenvalue weighted by Gasteiger charge is -2.16. The number of benzene rings is 2. The molecule has 9 heteroatoms. The van der Waals surface area contributed by atoms with Gasteiger partial charge in [0.05, 0.1) is 24.4 Å². The fourth-order valence-electron chi connectivity index (χ4n) is 2.67. The summed E-state index contributed by atoms with van der Waals surface area (Å²) in [4.78, 5) is 30.1. The number of amides is 2. The molecule has 1 aromatic heterocycles. The highest BCUT2D eigenvalue weighted by Crippen LogP contribution is 2.21. The molecule has 2 aromatic carbocycles. The van der Waals surface area contributed by atoms with Crippen LogP contribution in [0.15, 0.2) is 53.1 Å². The molecule has 0 aliphatic heterocycles. The zero-order chi connectivity index (χ0) is 21.5. The van der Waals surface area contributed by atoms with Crippen LogP contribution in [0.4, 0.5) is 5.69 Å². The van der Waals surface area contributed by atoms with Crippen LogP contribution in [0.2, 0.25) is 5.02 Å². The van der Waals surface area contributed by atoms with Crippen LogP contribution in [-0.4, -0.2) is 47.6 Å². The molecule has 0 bridgehead atoms. The Morgan fingerprint density at radius 3 is 2.60 bits per heavy atom. The minimum atomic E-state index is -0.335. The Kier molecular flexibility index (Phi) is 7.03. The molecule has 0 unspecified atom stereocenters. The number of likely N-dealkylation sites (N-methyl/N-ethyl adjacent to an activating group) is 1. The summed E-state index contributed by atoms with van der Waals surface area (Å²) in [5.41, 5.74) is 1.28. The molecule has 0 spiro atoms. The molecule has 0 saturated heterocycles. The van der Waals surface area contributed by atoms with Crippen LogP contribution in [0.1, 0.15) is 12.3 Å². The fraction of sp³-hybridized carbons (Fsp3) is 0.238. The molecule has 0 aliphatic rings. The van der Waals surface area contributed by atoms with Crippen molar-refractivity contribution in [3.63, 3.8) is 0 Å². The molecule has 2 amide bonds. The second-order valence-corrected chi connectivity index (χ2v) is 6.93. The molecule has 30 heavy (non-hydrogen) atoms. The topological polar surface area (TPSA) is 97.6 Å². The zero-order valence-electron chi connectivity index (χ0n) is 16.6. The predicted molar refractivity (Wildman–Crippen MR) is 112 cm³/mol. The first-order valence-electron chi connectivity index (χ1n) is 9.21. The van der Waals surface area contributed by atoms with E-state index in [4.69, 9.17) is 20.9 Å². The molecular weight excluding hydrogens is 408 g/mol. The summed E-state index contributed by atoms with van der Waals surface area (Å²) >= 11 is 6.02. The van der Waals surface area contributed by atoms with E-state index >= 15 is 0 Å². The van der Waals surface area contributed by atoms with Crippen LogP contribution in [0.3, 0.4) is 0 Å². The van der Waals surface area contributed by atoms with Gasteiger partial charge in [-0.1, -0.05) is 28.9 Å². The molecule has 0 atom stereocenters. The third-order valence-corrected chi connectivity index (χ3v) is 4.65. The van der Waals surface area contributed by atoms with Gasteiger partial charge in [0, 0.05) is 25.5 Å². The number of nitrogens with zero attached hydrogens (tertiary/aromatic N) is 3. The SMILES string of the molecule is COc1ccc(-c2noc(CCC(=O)N(C)CC(=O)Nc3ccccc3Cl)n2)cc1. The van der Waals surface area contributed by atoms with E-state index in [1.807, 2.05) is 12.1 Å². The maximum atomic E-state index is 12.3. The van der Waals surface area contributed by atoms with Crippen molar-refractivity contribution in [3.05, 3.63) is 59.4 Å². The quantitative estimate of drug-likeness (QED) is 0.590. The summed E-state index contributed by atoms with van der Waals surface area (Å²) in [6.07, 6.45) is 0.415. The lowest BCUT2D eigenvalue weighted by Crippen LogP contribution is -2.35. The molecule has 3 aromatic rings. The van der Waals surface area contributed by atoms with Gasteiger partial charge in [-0.25, -0.2) is 0 Å². The van der Waals surface area contributed by atoms with Gasteiger partial charge in [0.15, 0.2) is 0 Å². The Labute approximate surface area is 178 Å². The van der Waals surface area contributed by atoms with E-state index in [9.17, 15) is 9.59 Å². The Bertz CT molecular complexity index is 1020. The van der Waals surface area contributed by atoms with Gasteiger partial charge in [-0.3, -0.25) is 9.59 Å². The van der Waals surface area contributed by atoms with Crippen molar-refractivity contribution in [2.75, 3.05) is 26.0 Å². The average Bonchev–Trinajstić information content (AvgIpc) is 3.22. The molecule has 1 N–H and O–H groups in total. The van der Waals surface area contributed by atoms with E-state index in [0.29, 0.717) is 22.4 Å². The standard InChI is InChI=1S/C21H21ClN4O4/c1-26(13-18(27)23-17-6-4-3-5-16(17)22)20(28)12-11-19-24-21(25-30-19)14-7-9-15(29-2)10-8-14/h3-10H,11-13H2,1-2H3,(H,23,27). The number of anilines is 1. The Morgan fingerprint density at radius 2 is 1.90 bits per heavy atom. The number of rotatable bonds is 8. The van der Waals surface area contributed by atoms with Crippen molar-refractivity contribution in [1.82, 2.24) is 15.0 Å². The summed E-state index contributed by atoms with van der Waals surface area (Å²) in [5, 5.41) is 7.06. The van der Waals surface area contributed by atoms with Crippen LogP contribution < -0.4 is 10.1 Å². The van der Waals surface area contributed by atoms with Crippen molar-refractivity contribution in [2.45, 2.75) is 12.8 Å². The third kappa shape index (κ3) is 5.57.